The number of anilines is 1. The number of piperazine rings is 1. The molecule has 116 valence electrons. The molecule has 0 spiro atoms. The van der Waals surface area contributed by atoms with E-state index in [4.69, 9.17) is 5.73 Å². The number of benzene rings is 1. The van der Waals surface area contributed by atoms with Gasteiger partial charge >= 0.3 is 0 Å². The molecule has 5 nitrogen and oxygen atoms in total. The van der Waals surface area contributed by atoms with Crippen LogP contribution in [0.1, 0.15) is 11.1 Å². The van der Waals surface area contributed by atoms with Gasteiger partial charge in [0, 0.05) is 37.8 Å². The quantitative estimate of drug-likeness (QED) is 0.696. The third kappa shape index (κ3) is 3.57. The SMILES string of the molecule is Cc1ccc(CN=C(N)N2CCN(c3nccs3)CC2)cc1. The van der Waals surface area contributed by atoms with Crippen LogP contribution in [0.25, 0.3) is 0 Å². The minimum Gasteiger partial charge on any atom is -0.370 e. The predicted molar refractivity (Wildman–Crippen MR) is 92.4 cm³/mol. The highest BCUT2D eigenvalue weighted by Gasteiger charge is 2.19. The topological polar surface area (TPSA) is 57.8 Å². The molecule has 0 atom stereocenters. The number of guanidine groups is 1. The van der Waals surface area contributed by atoms with Crippen molar-refractivity contribution in [3.05, 3.63) is 47.0 Å². The van der Waals surface area contributed by atoms with Crippen LogP contribution in [0.5, 0.6) is 0 Å². The van der Waals surface area contributed by atoms with Crippen molar-refractivity contribution >= 4 is 22.4 Å². The summed E-state index contributed by atoms with van der Waals surface area (Å²) < 4.78 is 0. The van der Waals surface area contributed by atoms with Crippen molar-refractivity contribution in [2.75, 3.05) is 31.1 Å². The van der Waals surface area contributed by atoms with Gasteiger partial charge in [-0.2, -0.15) is 0 Å². The number of aryl methyl sites for hydroxylation is 1. The van der Waals surface area contributed by atoms with E-state index >= 15 is 0 Å². The molecule has 2 heterocycles. The number of aromatic nitrogens is 1. The third-order valence-electron chi connectivity index (χ3n) is 3.84. The lowest BCUT2D eigenvalue weighted by atomic mass is 10.1. The lowest BCUT2D eigenvalue weighted by Gasteiger charge is -2.35. The van der Waals surface area contributed by atoms with Crippen molar-refractivity contribution in [1.29, 1.82) is 0 Å². The Kier molecular flexibility index (Phi) is 4.58. The van der Waals surface area contributed by atoms with Crippen molar-refractivity contribution in [2.45, 2.75) is 13.5 Å². The van der Waals surface area contributed by atoms with Gasteiger partial charge in [0.05, 0.1) is 6.54 Å². The Hall–Kier alpha value is -2.08. The third-order valence-corrected chi connectivity index (χ3v) is 4.67. The summed E-state index contributed by atoms with van der Waals surface area (Å²) in [6.07, 6.45) is 1.85. The van der Waals surface area contributed by atoms with Gasteiger partial charge in [-0.05, 0) is 12.5 Å². The van der Waals surface area contributed by atoms with Crippen LogP contribution in [0.2, 0.25) is 0 Å². The van der Waals surface area contributed by atoms with E-state index in [1.54, 1.807) is 11.3 Å². The van der Waals surface area contributed by atoms with Crippen LogP contribution >= 0.6 is 11.3 Å². The monoisotopic (exact) mass is 315 g/mol. The van der Waals surface area contributed by atoms with Crippen LogP contribution < -0.4 is 10.6 Å². The Morgan fingerprint density at radius 2 is 1.95 bits per heavy atom. The summed E-state index contributed by atoms with van der Waals surface area (Å²) in [6, 6.07) is 8.42. The Bertz CT molecular complexity index is 612. The maximum atomic E-state index is 6.13. The number of thiazole rings is 1. The Morgan fingerprint density at radius 1 is 1.23 bits per heavy atom. The molecular weight excluding hydrogens is 294 g/mol. The maximum absolute atomic E-state index is 6.13. The second kappa shape index (κ2) is 6.79. The van der Waals surface area contributed by atoms with Gasteiger partial charge in [0.1, 0.15) is 0 Å². The standard InChI is InChI=1S/C16H21N5S/c1-13-2-4-14(5-3-13)12-19-15(17)20-7-9-21(10-8-20)16-18-6-11-22-16/h2-6,11H,7-10,12H2,1H3,(H2,17,19). The molecule has 6 heteroatoms. The van der Waals surface area contributed by atoms with E-state index in [0.29, 0.717) is 12.5 Å². The summed E-state index contributed by atoms with van der Waals surface area (Å²) in [5.74, 6) is 0.638. The van der Waals surface area contributed by atoms with Gasteiger partial charge in [-0.3, -0.25) is 0 Å². The van der Waals surface area contributed by atoms with Crippen LogP contribution in [0.4, 0.5) is 5.13 Å². The Morgan fingerprint density at radius 3 is 2.59 bits per heavy atom. The van der Waals surface area contributed by atoms with Crippen molar-refractivity contribution in [3.63, 3.8) is 0 Å². The summed E-state index contributed by atoms with van der Waals surface area (Å²) in [5.41, 5.74) is 8.59. The molecule has 22 heavy (non-hydrogen) atoms. The average molecular weight is 315 g/mol. The smallest absolute Gasteiger partial charge is 0.191 e. The fourth-order valence-electron chi connectivity index (χ4n) is 2.46. The van der Waals surface area contributed by atoms with Crippen molar-refractivity contribution < 1.29 is 0 Å². The molecule has 0 bridgehead atoms. The molecule has 2 N–H and O–H groups in total. The first-order valence-electron chi connectivity index (χ1n) is 7.47. The van der Waals surface area contributed by atoms with E-state index in [0.717, 1.165) is 31.3 Å². The molecular formula is C16H21N5S. The van der Waals surface area contributed by atoms with Gasteiger partial charge in [-0.1, -0.05) is 29.8 Å². The fraction of sp³-hybridized carbons (Fsp3) is 0.375. The number of hydrogen-bond acceptors (Lipinski definition) is 4. The predicted octanol–water partition coefficient (Wildman–Crippen LogP) is 2.09. The number of hydrogen-bond donors (Lipinski definition) is 1. The largest absolute Gasteiger partial charge is 0.370 e. The molecule has 1 aromatic carbocycles. The van der Waals surface area contributed by atoms with Crippen molar-refractivity contribution in [1.82, 2.24) is 9.88 Å². The lowest BCUT2D eigenvalue weighted by molar-refractivity contribution is 0.380. The molecule has 1 fully saturated rings. The molecule has 1 saturated heterocycles. The van der Waals surface area contributed by atoms with E-state index < -0.39 is 0 Å². The normalized spacial score (nSPS) is 16.1. The van der Waals surface area contributed by atoms with Crippen molar-refractivity contribution in [2.24, 2.45) is 10.7 Å². The minimum atomic E-state index is 0.638. The number of aliphatic imine (C=N–C) groups is 1. The zero-order valence-corrected chi connectivity index (χ0v) is 13.6. The molecule has 0 amide bonds. The summed E-state index contributed by atoms with van der Waals surface area (Å²) in [4.78, 5) is 13.3. The summed E-state index contributed by atoms with van der Waals surface area (Å²) in [5, 5.41) is 3.11. The number of nitrogens with zero attached hydrogens (tertiary/aromatic N) is 4. The molecule has 3 rings (SSSR count). The first-order chi connectivity index (χ1) is 10.7. The van der Waals surface area contributed by atoms with E-state index in [1.165, 1.54) is 11.1 Å². The summed E-state index contributed by atoms with van der Waals surface area (Å²) in [7, 11) is 0. The second-order valence-electron chi connectivity index (χ2n) is 5.45. The zero-order valence-electron chi connectivity index (χ0n) is 12.8. The molecule has 0 unspecified atom stereocenters. The number of rotatable bonds is 3. The van der Waals surface area contributed by atoms with E-state index in [-0.39, 0.29) is 0 Å². The van der Waals surface area contributed by atoms with Crippen molar-refractivity contribution in [3.8, 4) is 0 Å². The van der Waals surface area contributed by atoms with E-state index in [1.807, 2.05) is 11.6 Å². The molecule has 0 aliphatic carbocycles. The van der Waals surface area contributed by atoms with Gasteiger partial charge in [-0.25, -0.2) is 9.98 Å². The van der Waals surface area contributed by atoms with Crippen LogP contribution in [-0.4, -0.2) is 42.0 Å². The Balaban J connectivity index is 1.54. The molecule has 0 radical (unpaired) electrons. The van der Waals surface area contributed by atoms with Crippen LogP contribution in [0.3, 0.4) is 0 Å². The van der Waals surface area contributed by atoms with Gasteiger partial charge < -0.3 is 15.5 Å². The highest BCUT2D eigenvalue weighted by Crippen LogP contribution is 2.18. The molecule has 0 saturated carbocycles. The maximum Gasteiger partial charge on any atom is 0.191 e. The van der Waals surface area contributed by atoms with Crippen LogP contribution in [0, 0.1) is 6.92 Å². The van der Waals surface area contributed by atoms with Crippen LogP contribution in [-0.2, 0) is 6.54 Å². The van der Waals surface area contributed by atoms with E-state index in [2.05, 4.69) is 51.0 Å². The minimum absolute atomic E-state index is 0.638. The average Bonchev–Trinajstić information content (AvgIpc) is 3.09. The number of nitrogens with two attached hydrogens (primary N) is 1. The summed E-state index contributed by atoms with van der Waals surface area (Å²) >= 11 is 1.68. The molecule has 1 aliphatic rings. The second-order valence-corrected chi connectivity index (χ2v) is 6.32. The molecule has 1 aliphatic heterocycles. The van der Waals surface area contributed by atoms with Gasteiger partial charge in [0.15, 0.2) is 11.1 Å². The first-order valence-corrected chi connectivity index (χ1v) is 8.35. The Labute approximate surface area is 135 Å². The highest BCUT2D eigenvalue weighted by atomic mass is 32.1. The van der Waals surface area contributed by atoms with Gasteiger partial charge in [-0.15, -0.1) is 11.3 Å². The summed E-state index contributed by atoms with van der Waals surface area (Å²) in [6.45, 7) is 6.39. The van der Waals surface area contributed by atoms with Crippen LogP contribution in [0.15, 0.2) is 40.8 Å². The molecule has 2 aromatic rings. The van der Waals surface area contributed by atoms with Gasteiger partial charge in [0.25, 0.3) is 0 Å². The van der Waals surface area contributed by atoms with Gasteiger partial charge in [0.2, 0.25) is 0 Å². The zero-order chi connectivity index (χ0) is 15.4. The lowest BCUT2D eigenvalue weighted by Crippen LogP contribution is -2.51. The van der Waals surface area contributed by atoms with E-state index in [9.17, 15) is 0 Å². The molecule has 1 aromatic heterocycles. The first kappa shape index (κ1) is 14.8. The fourth-order valence-corrected chi connectivity index (χ4v) is 3.16. The highest BCUT2D eigenvalue weighted by molar-refractivity contribution is 7.13.